The zero-order chi connectivity index (χ0) is 18.8. The number of amides is 1. The van der Waals surface area contributed by atoms with Gasteiger partial charge in [0.2, 0.25) is 5.91 Å². The summed E-state index contributed by atoms with van der Waals surface area (Å²) in [5.74, 6) is -1.75. The number of carbonyl (C=O) groups excluding carboxylic acids is 1. The van der Waals surface area contributed by atoms with Crippen molar-refractivity contribution in [1.29, 1.82) is 0 Å². The Labute approximate surface area is 140 Å². The van der Waals surface area contributed by atoms with Gasteiger partial charge in [-0.3, -0.25) is 4.79 Å². The molecule has 0 aliphatic carbocycles. The highest BCUT2D eigenvalue weighted by Crippen LogP contribution is 2.34. The smallest absolute Gasteiger partial charge is 0.358 e. The van der Waals surface area contributed by atoms with Crippen LogP contribution in [0.1, 0.15) is 18.2 Å². The first kappa shape index (κ1) is 18.4. The normalized spacial score (nSPS) is 12.7. The number of nitrogens with one attached hydrogen (secondary N) is 1. The van der Waals surface area contributed by atoms with Crippen LogP contribution in [0.3, 0.4) is 0 Å². The number of rotatable bonds is 5. The predicted octanol–water partition coefficient (Wildman–Crippen LogP) is 3.39. The van der Waals surface area contributed by atoms with Crippen LogP contribution in [0.4, 0.5) is 24.7 Å². The summed E-state index contributed by atoms with van der Waals surface area (Å²) in [7, 11) is 0. The lowest BCUT2D eigenvalue weighted by Gasteiger charge is -2.16. The van der Waals surface area contributed by atoms with Gasteiger partial charge < -0.3 is 15.4 Å². The molecule has 1 aromatic carbocycles. The van der Waals surface area contributed by atoms with Crippen molar-refractivity contribution in [3.8, 4) is 0 Å². The largest absolute Gasteiger partial charge is 0.418 e. The van der Waals surface area contributed by atoms with E-state index in [-0.39, 0.29) is 18.1 Å². The van der Waals surface area contributed by atoms with Crippen molar-refractivity contribution >= 4 is 17.4 Å². The molecular weight excluding hydrogens is 341 g/mol. The summed E-state index contributed by atoms with van der Waals surface area (Å²) in [6.45, 7) is 3.09. The van der Waals surface area contributed by atoms with E-state index in [1.54, 1.807) is 6.92 Å². The van der Waals surface area contributed by atoms with Gasteiger partial charge in [0.1, 0.15) is 0 Å². The molecule has 7 nitrogen and oxygen atoms in total. The van der Waals surface area contributed by atoms with Crippen LogP contribution in [0, 0.1) is 23.0 Å². The third-order valence-corrected chi connectivity index (χ3v) is 3.54. The Balaban J connectivity index is 2.13. The Morgan fingerprint density at radius 3 is 2.60 bits per heavy atom. The molecule has 2 aromatic rings. The van der Waals surface area contributed by atoms with Crippen molar-refractivity contribution in [1.82, 2.24) is 9.78 Å². The average molecular weight is 356 g/mol. The lowest BCUT2D eigenvalue weighted by atomic mass is 10.1. The van der Waals surface area contributed by atoms with Crippen LogP contribution in [0.15, 0.2) is 30.3 Å². The number of carbonyl (C=O) groups is 1. The zero-order valence-corrected chi connectivity index (χ0v) is 13.4. The first-order chi connectivity index (χ1) is 11.6. The maximum Gasteiger partial charge on any atom is 0.418 e. The number of hydrogen-bond acceptors (Lipinski definition) is 4. The van der Waals surface area contributed by atoms with Crippen molar-refractivity contribution in [2.75, 3.05) is 5.32 Å². The molecule has 0 radical (unpaired) electrons. The Kier molecular flexibility index (Phi) is 5.10. The van der Waals surface area contributed by atoms with Gasteiger partial charge in [0, 0.05) is 0 Å². The van der Waals surface area contributed by atoms with Gasteiger partial charge in [-0.25, -0.2) is 0 Å². The number of benzene rings is 1. The van der Waals surface area contributed by atoms with E-state index in [1.165, 1.54) is 29.8 Å². The van der Waals surface area contributed by atoms with E-state index in [0.717, 1.165) is 12.1 Å². The van der Waals surface area contributed by atoms with Gasteiger partial charge >= 0.3 is 12.0 Å². The molecule has 1 amide bonds. The number of aryl methyl sites for hydroxylation is 1. The second kappa shape index (κ2) is 6.91. The van der Waals surface area contributed by atoms with E-state index in [2.05, 4.69) is 10.4 Å². The van der Waals surface area contributed by atoms with Crippen LogP contribution < -0.4 is 5.32 Å². The first-order valence-electron chi connectivity index (χ1n) is 7.25. The van der Waals surface area contributed by atoms with Crippen molar-refractivity contribution in [3.63, 3.8) is 0 Å². The van der Waals surface area contributed by atoms with Crippen molar-refractivity contribution < 1.29 is 22.9 Å². The maximum atomic E-state index is 12.9. The van der Waals surface area contributed by atoms with E-state index < -0.39 is 28.5 Å². The van der Waals surface area contributed by atoms with Crippen molar-refractivity contribution in [2.45, 2.75) is 26.6 Å². The summed E-state index contributed by atoms with van der Waals surface area (Å²) < 4.78 is 40.1. The summed E-state index contributed by atoms with van der Waals surface area (Å²) >= 11 is 0. The highest BCUT2D eigenvalue weighted by atomic mass is 19.4. The molecule has 25 heavy (non-hydrogen) atoms. The number of nitrogens with zero attached hydrogens (tertiary/aromatic N) is 3. The second-order valence-corrected chi connectivity index (χ2v) is 5.52. The molecule has 0 bridgehead atoms. The lowest BCUT2D eigenvalue weighted by Crippen LogP contribution is -2.26. The molecule has 0 saturated carbocycles. The Bertz CT molecular complexity index is 802. The zero-order valence-electron chi connectivity index (χ0n) is 13.4. The predicted molar refractivity (Wildman–Crippen MR) is 82.9 cm³/mol. The molecule has 0 aliphatic heterocycles. The highest BCUT2D eigenvalue weighted by molar-refractivity contribution is 5.93. The van der Waals surface area contributed by atoms with Crippen LogP contribution >= 0.6 is 0 Å². The number of anilines is 1. The standard InChI is InChI=1S/C15H15F3N4O3/c1-9(8-21-10(2)7-13(20-21)22(24)25)14(23)19-12-6-4-3-5-11(12)15(16,17)18/h3-7,9H,8H2,1-2H3,(H,19,23). The number of alkyl halides is 3. The molecule has 1 heterocycles. The molecule has 1 aromatic heterocycles. The summed E-state index contributed by atoms with van der Waals surface area (Å²) in [5.41, 5.74) is -0.807. The molecule has 0 fully saturated rings. The summed E-state index contributed by atoms with van der Waals surface area (Å²) in [4.78, 5) is 22.2. The fourth-order valence-electron chi connectivity index (χ4n) is 2.20. The van der Waals surface area contributed by atoms with E-state index in [4.69, 9.17) is 0 Å². The summed E-state index contributed by atoms with van der Waals surface area (Å²) in [6, 6.07) is 5.91. The fraction of sp³-hybridized carbons (Fsp3) is 0.333. The van der Waals surface area contributed by atoms with E-state index in [0.29, 0.717) is 5.69 Å². The number of nitro groups is 1. The Hall–Kier alpha value is -2.91. The van der Waals surface area contributed by atoms with Crippen LogP contribution in [-0.2, 0) is 17.5 Å². The quantitative estimate of drug-likeness (QED) is 0.657. The second-order valence-electron chi connectivity index (χ2n) is 5.52. The number of para-hydroxylation sites is 1. The van der Waals surface area contributed by atoms with E-state index >= 15 is 0 Å². The van der Waals surface area contributed by atoms with Gasteiger partial charge in [0.05, 0.1) is 40.6 Å². The monoisotopic (exact) mass is 356 g/mol. The minimum atomic E-state index is -4.59. The maximum absolute atomic E-state index is 12.9. The number of hydrogen-bond donors (Lipinski definition) is 1. The van der Waals surface area contributed by atoms with Crippen LogP contribution in [0.2, 0.25) is 0 Å². The first-order valence-corrected chi connectivity index (χ1v) is 7.25. The lowest BCUT2D eigenvalue weighted by molar-refractivity contribution is -0.389. The molecule has 1 unspecified atom stereocenters. The highest BCUT2D eigenvalue weighted by Gasteiger charge is 2.34. The minimum Gasteiger partial charge on any atom is -0.358 e. The average Bonchev–Trinajstić information content (AvgIpc) is 2.88. The molecule has 0 saturated heterocycles. The fourth-order valence-corrected chi connectivity index (χ4v) is 2.20. The molecule has 0 aliphatic rings. The Morgan fingerprint density at radius 1 is 1.40 bits per heavy atom. The topological polar surface area (TPSA) is 90.1 Å². The third kappa shape index (κ3) is 4.34. The summed E-state index contributed by atoms with van der Waals surface area (Å²) in [6.07, 6.45) is -4.59. The third-order valence-electron chi connectivity index (χ3n) is 3.54. The minimum absolute atomic E-state index is 0.000306. The van der Waals surface area contributed by atoms with E-state index in [9.17, 15) is 28.1 Å². The van der Waals surface area contributed by atoms with E-state index in [1.807, 2.05) is 0 Å². The van der Waals surface area contributed by atoms with Gasteiger partial charge in [-0.2, -0.15) is 17.9 Å². The van der Waals surface area contributed by atoms with Crippen molar-refractivity contribution in [3.05, 3.63) is 51.7 Å². The molecule has 1 N–H and O–H groups in total. The van der Waals surface area contributed by atoms with Gasteiger partial charge in [-0.1, -0.05) is 19.1 Å². The number of aromatic nitrogens is 2. The summed E-state index contributed by atoms with van der Waals surface area (Å²) in [5, 5.41) is 16.7. The van der Waals surface area contributed by atoms with Gasteiger partial charge in [-0.05, 0) is 24.0 Å². The van der Waals surface area contributed by atoms with Gasteiger partial charge in [0.25, 0.3) is 0 Å². The van der Waals surface area contributed by atoms with Crippen molar-refractivity contribution in [2.24, 2.45) is 5.92 Å². The molecule has 2 rings (SSSR count). The molecule has 0 spiro atoms. The number of halogens is 3. The molecular formula is C15H15F3N4O3. The molecule has 10 heteroatoms. The SMILES string of the molecule is Cc1cc([N+](=O)[O-])nn1CC(C)C(=O)Nc1ccccc1C(F)(F)F. The van der Waals surface area contributed by atoms with Gasteiger partial charge in [-0.15, -0.1) is 0 Å². The van der Waals surface area contributed by atoms with Crippen LogP contribution in [0.25, 0.3) is 0 Å². The Morgan fingerprint density at radius 2 is 2.04 bits per heavy atom. The van der Waals surface area contributed by atoms with Crippen LogP contribution in [-0.4, -0.2) is 20.6 Å². The van der Waals surface area contributed by atoms with Crippen LogP contribution in [0.5, 0.6) is 0 Å². The molecule has 1 atom stereocenters. The van der Waals surface area contributed by atoms with Gasteiger partial charge in [0.15, 0.2) is 0 Å². The molecule has 134 valence electrons.